The van der Waals surface area contributed by atoms with Gasteiger partial charge in [-0.3, -0.25) is 0 Å². The van der Waals surface area contributed by atoms with Crippen molar-refractivity contribution in [1.82, 2.24) is 10.6 Å². The highest BCUT2D eigenvalue weighted by Crippen LogP contribution is 2.10. The highest BCUT2D eigenvalue weighted by atomic mass is 79.9. The maximum Gasteiger partial charge on any atom is 0.407 e. The van der Waals surface area contributed by atoms with Crippen molar-refractivity contribution in [3.8, 4) is 0 Å². The van der Waals surface area contributed by atoms with Crippen molar-refractivity contribution >= 4 is 44.0 Å². The molecule has 0 aromatic carbocycles. The second-order valence-electron chi connectivity index (χ2n) is 8.17. The molecule has 160 valence electrons. The smallest absolute Gasteiger partial charge is 0.407 e. The summed E-state index contributed by atoms with van der Waals surface area (Å²) >= 11 is 7.07. The molecule has 0 fully saturated rings. The van der Waals surface area contributed by atoms with Gasteiger partial charge in [0.1, 0.15) is 11.2 Å². The van der Waals surface area contributed by atoms with Crippen LogP contribution >= 0.6 is 31.9 Å². The number of hydrogen-bond acceptors (Lipinski definition) is 5. The van der Waals surface area contributed by atoms with Crippen LogP contribution in [0.4, 0.5) is 9.59 Å². The van der Waals surface area contributed by atoms with Crippen LogP contribution in [0.25, 0.3) is 0 Å². The van der Waals surface area contributed by atoms with Gasteiger partial charge in [0.15, 0.2) is 0 Å². The molecule has 2 unspecified atom stereocenters. The maximum atomic E-state index is 11.5. The minimum absolute atomic E-state index is 0.132. The molecule has 0 aliphatic heterocycles. The van der Waals surface area contributed by atoms with Crippen molar-refractivity contribution in [3.05, 3.63) is 0 Å². The Bertz CT molecular complexity index is 410. The molecular weight excluding hydrogens is 484 g/mol. The minimum atomic E-state index is -0.496. The van der Waals surface area contributed by atoms with Crippen molar-refractivity contribution < 1.29 is 23.8 Å². The predicted octanol–water partition coefficient (Wildman–Crippen LogP) is 4.36. The van der Waals surface area contributed by atoms with Gasteiger partial charge in [-0.05, 0) is 54.4 Å². The van der Waals surface area contributed by atoms with E-state index in [-0.39, 0.29) is 9.65 Å². The molecule has 2 N–H and O–H groups in total. The average molecular weight is 518 g/mol. The Hall–Kier alpha value is -0.540. The first-order valence-corrected chi connectivity index (χ1v) is 10.9. The van der Waals surface area contributed by atoms with Crippen LogP contribution in [0.2, 0.25) is 0 Å². The summed E-state index contributed by atoms with van der Waals surface area (Å²) in [5.41, 5.74) is -0.992. The zero-order valence-electron chi connectivity index (χ0n) is 17.2. The van der Waals surface area contributed by atoms with E-state index in [1.54, 1.807) is 0 Å². The molecule has 2 amide bonds. The van der Waals surface area contributed by atoms with E-state index in [4.69, 9.17) is 14.2 Å². The van der Waals surface area contributed by atoms with Gasteiger partial charge < -0.3 is 24.8 Å². The van der Waals surface area contributed by atoms with Crippen LogP contribution in [0.1, 0.15) is 54.4 Å². The lowest BCUT2D eigenvalue weighted by Crippen LogP contribution is -2.34. The lowest BCUT2D eigenvalue weighted by molar-refractivity contribution is 0.0516. The van der Waals surface area contributed by atoms with Gasteiger partial charge in [-0.25, -0.2) is 9.59 Å². The number of halogens is 2. The van der Waals surface area contributed by atoms with Gasteiger partial charge in [-0.15, -0.1) is 0 Å². The molecule has 7 nitrogen and oxygen atoms in total. The van der Waals surface area contributed by atoms with E-state index in [1.807, 2.05) is 41.5 Å². The molecular formula is C18H34Br2N2O5. The van der Waals surface area contributed by atoms with Crippen molar-refractivity contribution in [2.45, 2.75) is 75.2 Å². The number of carbonyl (C=O) groups excluding carboxylic acids is 2. The third-order valence-electron chi connectivity index (χ3n) is 2.85. The number of ether oxygens (including phenoxy) is 3. The number of hydrogen-bond donors (Lipinski definition) is 2. The highest BCUT2D eigenvalue weighted by molar-refractivity contribution is 9.09. The number of rotatable bonds is 10. The fourth-order valence-corrected chi connectivity index (χ4v) is 2.61. The molecule has 0 bridgehead atoms. The quantitative estimate of drug-likeness (QED) is 0.420. The average Bonchev–Trinajstić information content (AvgIpc) is 2.43. The summed E-state index contributed by atoms with van der Waals surface area (Å²) in [6, 6.07) is 0. The van der Waals surface area contributed by atoms with Gasteiger partial charge in [0.2, 0.25) is 0 Å². The highest BCUT2D eigenvalue weighted by Gasteiger charge is 2.17. The summed E-state index contributed by atoms with van der Waals surface area (Å²) in [4.78, 5) is 23.4. The van der Waals surface area contributed by atoms with Gasteiger partial charge in [0.05, 0.1) is 13.2 Å². The van der Waals surface area contributed by atoms with Crippen molar-refractivity contribution in [1.29, 1.82) is 0 Å². The van der Waals surface area contributed by atoms with Crippen LogP contribution in [0.5, 0.6) is 0 Å². The van der Waals surface area contributed by atoms with E-state index in [2.05, 4.69) is 42.5 Å². The molecule has 0 rings (SSSR count). The Morgan fingerprint density at radius 2 is 1.11 bits per heavy atom. The van der Waals surface area contributed by atoms with Crippen molar-refractivity contribution in [2.75, 3.05) is 26.3 Å². The fraction of sp³-hybridized carbons (Fsp3) is 0.889. The number of nitrogens with one attached hydrogen (secondary N) is 2. The zero-order chi connectivity index (χ0) is 21.1. The molecule has 27 heavy (non-hydrogen) atoms. The summed E-state index contributed by atoms with van der Waals surface area (Å²) in [6.07, 6.45) is 0.626. The van der Waals surface area contributed by atoms with Crippen LogP contribution in [0, 0.1) is 0 Å². The lowest BCUT2D eigenvalue weighted by atomic mass is 10.2. The first kappa shape index (κ1) is 26.5. The van der Waals surface area contributed by atoms with Gasteiger partial charge in [0.25, 0.3) is 0 Å². The Kier molecular flexibility index (Phi) is 12.6. The molecule has 0 aromatic rings. The van der Waals surface area contributed by atoms with Gasteiger partial charge >= 0.3 is 12.2 Å². The fourth-order valence-electron chi connectivity index (χ4n) is 1.78. The summed E-state index contributed by atoms with van der Waals surface area (Å²) in [6.45, 7) is 13.0. The summed E-state index contributed by atoms with van der Waals surface area (Å²) in [5.74, 6) is 0. The van der Waals surface area contributed by atoms with E-state index >= 15 is 0 Å². The molecule has 0 aromatic heterocycles. The Morgan fingerprint density at radius 1 is 0.778 bits per heavy atom. The predicted molar refractivity (Wildman–Crippen MR) is 114 cm³/mol. The molecule has 0 aliphatic carbocycles. The summed E-state index contributed by atoms with van der Waals surface area (Å²) < 4.78 is 16.0. The van der Waals surface area contributed by atoms with Crippen LogP contribution < -0.4 is 10.6 Å². The summed E-state index contributed by atoms with van der Waals surface area (Å²) in [7, 11) is 0. The van der Waals surface area contributed by atoms with E-state index < -0.39 is 23.4 Å². The van der Waals surface area contributed by atoms with Crippen molar-refractivity contribution in [2.24, 2.45) is 0 Å². The molecule has 0 saturated heterocycles. The third-order valence-corrected chi connectivity index (χ3v) is 4.29. The first-order valence-electron chi connectivity index (χ1n) is 9.08. The van der Waals surface area contributed by atoms with E-state index in [0.717, 1.165) is 12.8 Å². The number of alkyl halides is 2. The number of amides is 2. The lowest BCUT2D eigenvalue weighted by Gasteiger charge is -2.20. The van der Waals surface area contributed by atoms with Crippen LogP contribution in [-0.2, 0) is 14.2 Å². The van der Waals surface area contributed by atoms with E-state index in [9.17, 15) is 9.59 Å². The molecule has 0 radical (unpaired) electrons. The van der Waals surface area contributed by atoms with Crippen LogP contribution in [0.3, 0.4) is 0 Å². The van der Waals surface area contributed by atoms with E-state index in [1.165, 1.54) is 0 Å². The van der Waals surface area contributed by atoms with Crippen LogP contribution in [-0.4, -0.2) is 59.3 Å². The normalized spacial score (nSPS) is 14.2. The molecule has 9 heteroatoms. The topological polar surface area (TPSA) is 85.9 Å². The number of alkyl carbamates (subject to hydrolysis) is 2. The summed E-state index contributed by atoms with van der Waals surface area (Å²) in [5, 5.41) is 5.43. The second-order valence-corrected chi connectivity index (χ2v) is 10.8. The molecule has 0 aliphatic rings. The minimum Gasteiger partial charge on any atom is -0.444 e. The van der Waals surface area contributed by atoms with Gasteiger partial charge in [-0.2, -0.15) is 0 Å². The first-order chi connectivity index (χ1) is 12.3. The molecule has 0 spiro atoms. The Morgan fingerprint density at radius 3 is 1.41 bits per heavy atom. The maximum absolute atomic E-state index is 11.5. The Labute approximate surface area is 179 Å². The van der Waals surface area contributed by atoms with Crippen molar-refractivity contribution in [3.63, 3.8) is 0 Å². The van der Waals surface area contributed by atoms with Crippen LogP contribution in [0.15, 0.2) is 0 Å². The monoisotopic (exact) mass is 516 g/mol. The SMILES string of the molecule is CC(C)(C)OC(=O)NCCC(Br)COCC(Br)CCNC(=O)OC(C)(C)C. The largest absolute Gasteiger partial charge is 0.444 e. The molecule has 0 saturated carbocycles. The molecule has 0 heterocycles. The van der Waals surface area contributed by atoms with E-state index in [0.29, 0.717) is 26.3 Å². The third kappa shape index (κ3) is 18.6. The standard InChI is InChI=1S/C18H34Br2N2O5/c1-17(2,3)26-15(23)21-9-7-13(19)11-25-12-14(20)8-10-22-16(24)27-18(4,5)6/h13-14H,7-12H2,1-6H3,(H,21,23)(H,22,24). The Balaban J connectivity index is 3.72. The second kappa shape index (κ2) is 12.8. The molecule has 2 atom stereocenters. The van der Waals surface area contributed by atoms with Gasteiger partial charge in [0, 0.05) is 22.7 Å². The zero-order valence-corrected chi connectivity index (χ0v) is 20.4. The van der Waals surface area contributed by atoms with Gasteiger partial charge in [-0.1, -0.05) is 31.9 Å². The number of carbonyl (C=O) groups is 2.